The Morgan fingerprint density at radius 3 is 2.74 bits per heavy atom. The number of allylic oxidation sites excluding steroid dienone is 2. The van der Waals surface area contributed by atoms with Crippen molar-refractivity contribution in [3.8, 4) is 22.5 Å². The maximum absolute atomic E-state index is 14.9. The van der Waals surface area contributed by atoms with Crippen molar-refractivity contribution < 1.29 is 9.18 Å². The van der Waals surface area contributed by atoms with E-state index >= 15 is 0 Å². The van der Waals surface area contributed by atoms with E-state index in [4.69, 9.17) is 10.1 Å². The zero-order chi connectivity index (χ0) is 23.6. The van der Waals surface area contributed by atoms with Crippen LogP contribution in [0.4, 0.5) is 4.39 Å². The lowest BCUT2D eigenvalue weighted by Gasteiger charge is -2.45. The minimum absolute atomic E-state index is 0.0166. The molecule has 0 unspecified atom stereocenters. The predicted molar refractivity (Wildman–Crippen MR) is 129 cm³/mol. The lowest BCUT2D eigenvalue weighted by molar-refractivity contribution is -0.121. The second-order valence-electron chi connectivity index (χ2n) is 9.28. The molecular formula is C27H21FN4OS. The summed E-state index contributed by atoms with van der Waals surface area (Å²) in [5.41, 5.74) is 3.35. The number of aromatic nitrogens is 3. The number of hydrogen-bond acceptors (Lipinski definition) is 5. The van der Waals surface area contributed by atoms with Crippen LogP contribution in [0.15, 0.2) is 60.2 Å². The van der Waals surface area contributed by atoms with Gasteiger partial charge in [0.2, 0.25) is 5.13 Å². The van der Waals surface area contributed by atoms with Crippen LogP contribution in [-0.4, -0.2) is 20.5 Å². The average Bonchev–Trinajstić information content (AvgIpc) is 3.44. The highest BCUT2D eigenvalue weighted by molar-refractivity contribution is 7.20. The molecule has 2 heterocycles. The van der Waals surface area contributed by atoms with Crippen LogP contribution in [-0.2, 0) is 16.6 Å². The molecule has 3 atom stereocenters. The van der Waals surface area contributed by atoms with E-state index in [1.165, 1.54) is 17.4 Å². The zero-order valence-corrected chi connectivity index (χ0v) is 19.6. The average molecular weight is 469 g/mol. The highest BCUT2D eigenvalue weighted by Crippen LogP contribution is 2.52. The van der Waals surface area contributed by atoms with E-state index in [2.05, 4.69) is 13.0 Å². The number of nitrogens with zero attached hydrogens (tertiary/aromatic N) is 4. The van der Waals surface area contributed by atoms with Crippen molar-refractivity contribution in [2.24, 2.45) is 11.8 Å². The van der Waals surface area contributed by atoms with Gasteiger partial charge in [-0.1, -0.05) is 55.5 Å². The van der Waals surface area contributed by atoms with E-state index in [1.807, 2.05) is 48.0 Å². The Labute approximate surface area is 200 Å². The smallest absolute Gasteiger partial charge is 0.211 e. The van der Waals surface area contributed by atoms with Gasteiger partial charge in [-0.2, -0.15) is 10.4 Å². The quantitative estimate of drug-likeness (QED) is 0.374. The van der Waals surface area contributed by atoms with Gasteiger partial charge in [0, 0.05) is 22.5 Å². The highest BCUT2D eigenvalue weighted by atomic mass is 32.1. The summed E-state index contributed by atoms with van der Waals surface area (Å²) in [6.45, 7) is 3.99. The number of benzene rings is 2. The van der Waals surface area contributed by atoms with Gasteiger partial charge >= 0.3 is 0 Å². The molecular weight excluding hydrogens is 447 g/mol. The Kier molecular flexibility index (Phi) is 4.58. The first-order chi connectivity index (χ1) is 16.4. The highest BCUT2D eigenvalue weighted by Gasteiger charge is 2.51. The summed E-state index contributed by atoms with van der Waals surface area (Å²) in [4.78, 5) is 17.7. The number of nitriles is 1. The largest absolute Gasteiger partial charge is 0.293 e. The Morgan fingerprint density at radius 1 is 1.21 bits per heavy atom. The molecule has 2 aliphatic carbocycles. The van der Waals surface area contributed by atoms with E-state index in [-0.39, 0.29) is 29.0 Å². The number of ketones is 1. The number of carbonyl (C=O) groups is 1. The maximum atomic E-state index is 14.9. The predicted octanol–water partition coefficient (Wildman–Crippen LogP) is 5.78. The molecule has 0 saturated carbocycles. The van der Waals surface area contributed by atoms with Gasteiger partial charge in [0.15, 0.2) is 5.78 Å². The van der Waals surface area contributed by atoms with Crippen LogP contribution in [0.5, 0.6) is 0 Å². The van der Waals surface area contributed by atoms with Crippen LogP contribution in [0, 0.1) is 29.0 Å². The van der Waals surface area contributed by atoms with Gasteiger partial charge in [0.1, 0.15) is 11.9 Å². The minimum Gasteiger partial charge on any atom is -0.293 e. The summed E-state index contributed by atoms with van der Waals surface area (Å²) in [5, 5.41) is 15.4. The third-order valence-corrected chi connectivity index (χ3v) is 8.42. The Balaban J connectivity index is 1.68. The number of thiazole rings is 1. The zero-order valence-electron chi connectivity index (χ0n) is 18.7. The number of rotatable bonds is 2. The number of para-hydroxylation sites is 1. The van der Waals surface area contributed by atoms with Crippen LogP contribution in [0.25, 0.3) is 26.6 Å². The maximum Gasteiger partial charge on any atom is 0.211 e. The molecule has 0 aliphatic heterocycles. The van der Waals surface area contributed by atoms with E-state index in [0.29, 0.717) is 22.8 Å². The first kappa shape index (κ1) is 20.9. The first-order valence-electron chi connectivity index (χ1n) is 11.3. The molecule has 4 aromatic rings. The summed E-state index contributed by atoms with van der Waals surface area (Å²) < 4.78 is 17.8. The van der Waals surface area contributed by atoms with Gasteiger partial charge in [-0.3, -0.25) is 4.79 Å². The van der Waals surface area contributed by atoms with Crippen LogP contribution in [0.2, 0.25) is 0 Å². The third-order valence-electron chi connectivity index (χ3n) is 7.41. The second kappa shape index (κ2) is 7.44. The lowest BCUT2D eigenvalue weighted by atomic mass is 9.58. The van der Waals surface area contributed by atoms with E-state index in [9.17, 15) is 14.4 Å². The normalized spacial score (nSPS) is 23.8. The molecule has 34 heavy (non-hydrogen) atoms. The molecule has 0 bridgehead atoms. The number of halogens is 1. The fraction of sp³-hybridized carbons (Fsp3) is 0.259. The summed E-state index contributed by atoms with van der Waals surface area (Å²) >= 11 is 1.52. The van der Waals surface area contributed by atoms with Gasteiger partial charge < -0.3 is 0 Å². The SMILES string of the molecule is C[C@H]1C(=O)C(C#N)=C[C@@]2(C)c3c(c(-c4ccccc4F)nn3-c3nc4ccccc4s3)CC[C@H]12. The number of fused-ring (bicyclic) bond motifs is 4. The molecule has 0 radical (unpaired) electrons. The molecule has 0 spiro atoms. The van der Waals surface area contributed by atoms with Crippen LogP contribution < -0.4 is 0 Å². The molecule has 2 aromatic carbocycles. The van der Waals surface area contributed by atoms with E-state index in [1.54, 1.807) is 12.1 Å². The van der Waals surface area contributed by atoms with Crippen LogP contribution in [0.3, 0.4) is 0 Å². The summed E-state index contributed by atoms with van der Waals surface area (Å²) in [5.74, 6) is -0.697. The molecule has 0 saturated heterocycles. The van der Waals surface area contributed by atoms with Crippen molar-refractivity contribution in [2.45, 2.75) is 32.1 Å². The van der Waals surface area contributed by atoms with Crippen LogP contribution in [0.1, 0.15) is 31.5 Å². The number of Topliss-reactive ketones (excluding diaryl/α,β-unsaturated/α-hetero) is 1. The standard InChI is InChI=1S/C27H21FN4OS/c1-15-19-12-11-18-23(17-7-3-4-8-20(17)28)31-32(26-30-21-9-5-6-10-22(21)34-26)25(18)27(19,2)13-16(14-29)24(15)33/h3-10,13,15,19H,11-12H2,1-2H3/t15-,19-,27-/m1/s1. The van der Waals surface area contributed by atoms with Crippen molar-refractivity contribution in [1.82, 2.24) is 14.8 Å². The van der Waals surface area contributed by atoms with Gasteiger partial charge in [0.25, 0.3) is 0 Å². The summed E-state index contributed by atoms with van der Waals surface area (Å²) in [6, 6.07) is 16.7. The molecule has 5 nitrogen and oxygen atoms in total. The molecule has 0 amide bonds. The van der Waals surface area contributed by atoms with Crippen molar-refractivity contribution in [3.63, 3.8) is 0 Å². The molecule has 6 rings (SSSR count). The van der Waals surface area contributed by atoms with Gasteiger partial charge in [-0.25, -0.2) is 14.1 Å². The molecule has 0 fully saturated rings. The second-order valence-corrected chi connectivity index (χ2v) is 10.3. The molecule has 2 aromatic heterocycles. The van der Waals surface area contributed by atoms with Crippen molar-refractivity contribution in [2.75, 3.05) is 0 Å². The molecule has 168 valence electrons. The Morgan fingerprint density at radius 2 is 1.97 bits per heavy atom. The Hall–Kier alpha value is -3.63. The number of hydrogen-bond donors (Lipinski definition) is 0. The van der Waals surface area contributed by atoms with E-state index < -0.39 is 5.41 Å². The lowest BCUT2D eigenvalue weighted by Crippen LogP contribution is -2.46. The molecule has 2 aliphatic rings. The number of carbonyl (C=O) groups excluding carboxylic acids is 1. The van der Waals surface area contributed by atoms with Crippen molar-refractivity contribution in [1.29, 1.82) is 5.26 Å². The first-order valence-corrected chi connectivity index (χ1v) is 12.1. The van der Waals surface area contributed by atoms with E-state index in [0.717, 1.165) is 27.9 Å². The summed E-state index contributed by atoms with van der Waals surface area (Å²) in [7, 11) is 0. The monoisotopic (exact) mass is 468 g/mol. The van der Waals surface area contributed by atoms with Crippen LogP contribution >= 0.6 is 11.3 Å². The minimum atomic E-state index is -0.611. The van der Waals surface area contributed by atoms with Gasteiger partial charge in [0.05, 0.1) is 27.2 Å². The summed E-state index contributed by atoms with van der Waals surface area (Å²) in [6.07, 6.45) is 3.25. The van der Waals surface area contributed by atoms with Gasteiger partial charge in [-0.05, 0) is 43.0 Å². The van der Waals surface area contributed by atoms with Crippen molar-refractivity contribution >= 4 is 27.3 Å². The molecule has 0 N–H and O–H groups in total. The topological polar surface area (TPSA) is 71.6 Å². The fourth-order valence-electron chi connectivity index (χ4n) is 5.81. The third kappa shape index (κ3) is 2.85. The van der Waals surface area contributed by atoms with Crippen molar-refractivity contribution in [3.05, 3.63) is 77.3 Å². The molecule has 7 heteroatoms. The van der Waals surface area contributed by atoms with Gasteiger partial charge in [-0.15, -0.1) is 0 Å². The fourth-order valence-corrected chi connectivity index (χ4v) is 6.73. The Bertz CT molecular complexity index is 1530.